The number of benzene rings is 1. The van der Waals surface area contributed by atoms with E-state index in [1.165, 1.54) is 11.1 Å². The van der Waals surface area contributed by atoms with E-state index in [0.29, 0.717) is 6.54 Å². The lowest BCUT2D eigenvalue weighted by molar-refractivity contribution is 0.247. The molecule has 1 fully saturated rings. The average molecular weight is 190 g/mol. The first-order chi connectivity index (χ1) is 6.79. The molecule has 1 aromatic carbocycles. The molecule has 14 heavy (non-hydrogen) atoms. The molecule has 2 N–H and O–H groups in total. The third-order valence-corrected chi connectivity index (χ3v) is 2.56. The van der Waals surface area contributed by atoms with Crippen molar-refractivity contribution >= 4 is 6.03 Å². The van der Waals surface area contributed by atoms with E-state index in [2.05, 4.69) is 41.8 Å². The topological polar surface area (TPSA) is 41.1 Å². The maximum Gasteiger partial charge on any atom is 0.315 e. The predicted molar refractivity (Wildman–Crippen MR) is 55.1 cm³/mol. The zero-order valence-electron chi connectivity index (χ0n) is 8.21. The molecule has 0 radical (unpaired) electrons. The van der Waals surface area contributed by atoms with E-state index in [-0.39, 0.29) is 12.1 Å². The van der Waals surface area contributed by atoms with Gasteiger partial charge < -0.3 is 10.6 Å². The van der Waals surface area contributed by atoms with Crippen LogP contribution in [0, 0.1) is 0 Å². The van der Waals surface area contributed by atoms with Gasteiger partial charge in [-0.1, -0.05) is 31.2 Å². The number of hydrogen-bond donors (Lipinski definition) is 2. The summed E-state index contributed by atoms with van der Waals surface area (Å²) in [4.78, 5) is 10.9. The molecule has 1 aromatic rings. The molecule has 0 bridgehead atoms. The van der Waals surface area contributed by atoms with Crippen molar-refractivity contribution in [2.24, 2.45) is 0 Å². The number of hydrogen-bond acceptors (Lipinski definition) is 1. The second-order valence-corrected chi connectivity index (χ2v) is 3.50. The van der Waals surface area contributed by atoms with Crippen LogP contribution in [0.2, 0.25) is 0 Å². The minimum atomic E-state index is -0.0745. The molecule has 1 atom stereocenters. The molecule has 2 amide bonds. The van der Waals surface area contributed by atoms with E-state index in [1.807, 2.05) is 0 Å². The van der Waals surface area contributed by atoms with Crippen molar-refractivity contribution in [3.8, 4) is 0 Å². The molecule has 1 aliphatic rings. The Hall–Kier alpha value is -1.51. The van der Waals surface area contributed by atoms with Gasteiger partial charge in [-0.15, -0.1) is 0 Å². The SMILES string of the molecule is CCc1ccc([C@@H]2CNC(=O)N2)cc1. The van der Waals surface area contributed by atoms with Crippen molar-refractivity contribution in [2.45, 2.75) is 19.4 Å². The molecule has 0 aliphatic carbocycles. The molecule has 1 saturated heterocycles. The number of carbonyl (C=O) groups is 1. The Labute approximate surface area is 83.5 Å². The lowest BCUT2D eigenvalue weighted by Crippen LogP contribution is -2.21. The number of rotatable bonds is 2. The quantitative estimate of drug-likeness (QED) is 0.730. The highest BCUT2D eigenvalue weighted by atomic mass is 16.2. The lowest BCUT2D eigenvalue weighted by atomic mass is 10.0. The highest BCUT2D eigenvalue weighted by Crippen LogP contribution is 2.15. The fourth-order valence-corrected chi connectivity index (χ4v) is 1.64. The molecule has 0 spiro atoms. The molecular formula is C11H14N2O. The van der Waals surface area contributed by atoms with Gasteiger partial charge >= 0.3 is 6.03 Å². The van der Waals surface area contributed by atoms with Crippen LogP contribution in [0.15, 0.2) is 24.3 Å². The molecule has 2 rings (SSSR count). The summed E-state index contributed by atoms with van der Waals surface area (Å²) >= 11 is 0. The van der Waals surface area contributed by atoms with E-state index in [1.54, 1.807) is 0 Å². The Morgan fingerprint density at radius 2 is 2.07 bits per heavy atom. The van der Waals surface area contributed by atoms with E-state index >= 15 is 0 Å². The Kier molecular flexibility index (Phi) is 2.39. The number of amides is 2. The van der Waals surface area contributed by atoms with Gasteiger partial charge in [-0.05, 0) is 17.5 Å². The van der Waals surface area contributed by atoms with Gasteiger partial charge in [-0.3, -0.25) is 0 Å². The van der Waals surface area contributed by atoms with Gasteiger partial charge in [0.2, 0.25) is 0 Å². The third-order valence-electron chi connectivity index (χ3n) is 2.56. The zero-order chi connectivity index (χ0) is 9.97. The summed E-state index contributed by atoms with van der Waals surface area (Å²) < 4.78 is 0. The van der Waals surface area contributed by atoms with Crippen LogP contribution in [0.1, 0.15) is 24.1 Å². The summed E-state index contributed by atoms with van der Waals surface area (Å²) in [6.07, 6.45) is 1.05. The predicted octanol–water partition coefficient (Wildman–Crippen LogP) is 1.60. The molecule has 3 nitrogen and oxygen atoms in total. The molecule has 0 aromatic heterocycles. The summed E-state index contributed by atoms with van der Waals surface area (Å²) in [5, 5.41) is 5.60. The molecular weight excluding hydrogens is 176 g/mol. The Bertz CT molecular complexity index is 332. The maximum atomic E-state index is 10.9. The minimum absolute atomic E-state index is 0.0745. The fourth-order valence-electron chi connectivity index (χ4n) is 1.64. The molecule has 74 valence electrons. The first-order valence-electron chi connectivity index (χ1n) is 4.93. The smallest absolute Gasteiger partial charge is 0.315 e. The zero-order valence-corrected chi connectivity index (χ0v) is 8.21. The normalized spacial score (nSPS) is 20.4. The number of aryl methyl sites for hydroxylation is 1. The van der Waals surface area contributed by atoms with Crippen molar-refractivity contribution in [3.63, 3.8) is 0 Å². The Balaban J connectivity index is 2.13. The Morgan fingerprint density at radius 3 is 2.57 bits per heavy atom. The van der Waals surface area contributed by atoms with Crippen molar-refractivity contribution in [2.75, 3.05) is 6.54 Å². The molecule has 1 heterocycles. The first kappa shape index (κ1) is 9.06. The van der Waals surface area contributed by atoms with Gasteiger partial charge in [0.25, 0.3) is 0 Å². The maximum absolute atomic E-state index is 10.9. The van der Waals surface area contributed by atoms with Crippen LogP contribution in [-0.4, -0.2) is 12.6 Å². The second-order valence-electron chi connectivity index (χ2n) is 3.50. The van der Waals surface area contributed by atoms with Gasteiger partial charge in [0.1, 0.15) is 0 Å². The molecule has 3 heteroatoms. The van der Waals surface area contributed by atoms with Crippen LogP contribution in [0.3, 0.4) is 0 Å². The highest BCUT2D eigenvalue weighted by Gasteiger charge is 2.20. The van der Waals surface area contributed by atoms with E-state index in [0.717, 1.165) is 6.42 Å². The van der Waals surface area contributed by atoms with Crippen LogP contribution in [0.5, 0.6) is 0 Å². The fraction of sp³-hybridized carbons (Fsp3) is 0.364. The number of nitrogens with one attached hydrogen (secondary N) is 2. The van der Waals surface area contributed by atoms with Crippen LogP contribution in [0.25, 0.3) is 0 Å². The van der Waals surface area contributed by atoms with Crippen LogP contribution in [-0.2, 0) is 6.42 Å². The van der Waals surface area contributed by atoms with Gasteiger partial charge in [0, 0.05) is 6.54 Å². The van der Waals surface area contributed by atoms with Gasteiger partial charge in [-0.2, -0.15) is 0 Å². The third kappa shape index (κ3) is 1.71. The lowest BCUT2D eigenvalue weighted by Gasteiger charge is -2.09. The van der Waals surface area contributed by atoms with E-state index in [9.17, 15) is 4.79 Å². The molecule has 0 saturated carbocycles. The van der Waals surface area contributed by atoms with Crippen molar-refractivity contribution in [1.29, 1.82) is 0 Å². The minimum Gasteiger partial charge on any atom is -0.336 e. The summed E-state index contributed by atoms with van der Waals surface area (Å²) in [7, 11) is 0. The van der Waals surface area contributed by atoms with Crippen molar-refractivity contribution in [3.05, 3.63) is 35.4 Å². The van der Waals surface area contributed by atoms with Crippen LogP contribution >= 0.6 is 0 Å². The number of urea groups is 1. The van der Waals surface area contributed by atoms with Crippen molar-refractivity contribution < 1.29 is 4.79 Å². The van der Waals surface area contributed by atoms with Gasteiger partial charge in [0.15, 0.2) is 0 Å². The largest absolute Gasteiger partial charge is 0.336 e. The standard InChI is InChI=1S/C11H14N2O/c1-2-8-3-5-9(6-4-8)10-7-12-11(14)13-10/h3-6,10H,2,7H2,1H3,(H2,12,13,14)/t10-/m0/s1. The van der Waals surface area contributed by atoms with E-state index in [4.69, 9.17) is 0 Å². The summed E-state index contributed by atoms with van der Waals surface area (Å²) in [5.74, 6) is 0. The molecule has 0 unspecified atom stereocenters. The van der Waals surface area contributed by atoms with Crippen molar-refractivity contribution in [1.82, 2.24) is 10.6 Å². The first-order valence-corrected chi connectivity index (χ1v) is 4.93. The highest BCUT2D eigenvalue weighted by molar-refractivity contribution is 5.76. The van der Waals surface area contributed by atoms with Crippen LogP contribution in [0.4, 0.5) is 4.79 Å². The number of carbonyl (C=O) groups excluding carboxylic acids is 1. The molecule has 1 aliphatic heterocycles. The Morgan fingerprint density at radius 1 is 1.36 bits per heavy atom. The average Bonchev–Trinajstić information content (AvgIpc) is 2.65. The van der Waals surface area contributed by atoms with E-state index < -0.39 is 0 Å². The summed E-state index contributed by atoms with van der Waals surface area (Å²) in [6.45, 7) is 2.82. The summed E-state index contributed by atoms with van der Waals surface area (Å²) in [6, 6.07) is 8.44. The summed E-state index contributed by atoms with van der Waals surface area (Å²) in [5.41, 5.74) is 2.49. The van der Waals surface area contributed by atoms with Gasteiger partial charge in [-0.25, -0.2) is 4.79 Å². The van der Waals surface area contributed by atoms with Crippen LogP contribution < -0.4 is 10.6 Å². The van der Waals surface area contributed by atoms with Gasteiger partial charge in [0.05, 0.1) is 6.04 Å². The second kappa shape index (κ2) is 3.70. The monoisotopic (exact) mass is 190 g/mol.